The molecule has 5 nitrogen and oxygen atoms in total. The molecule has 0 saturated heterocycles. The van der Waals surface area contributed by atoms with Gasteiger partial charge < -0.3 is 4.74 Å². The van der Waals surface area contributed by atoms with Crippen LogP contribution in [-0.4, -0.2) is 27.3 Å². The van der Waals surface area contributed by atoms with Gasteiger partial charge in [0.1, 0.15) is 18.3 Å². The van der Waals surface area contributed by atoms with E-state index in [9.17, 15) is 4.79 Å². The molecule has 1 aliphatic rings. The van der Waals surface area contributed by atoms with Crippen LogP contribution in [0.1, 0.15) is 65.0 Å². The molecule has 1 N–H and O–H groups in total. The summed E-state index contributed by atoms with van der Waals surface area (Å²) in [5, 5.41) is 6.93. The number of nitrogens with zero attached hydrogens (tertiary/aromatic N) is 2. The topological polar surface area (TPSA) is 67.9 Å². The third kappa shape index (κ3) is 4.05. The molecule has 2 rings (SSSR count). The third-order valence-electron chi connectivity index (χ3n) is 4.31. The summed E-state index contributed by atoms with van der Waals surface area (Å²) >= 11 is 0. The normalized spacial score (nSPS) is 29.6. The van der Waals surface area contributed by atoms with Gasteiger partial charge in [0.25, 0.3) is 0 Å². The van der Waals surface area contributed by atoms with E-state index < -0.39 is 0 Å². The van der Waals surface area contributed by atoms with Crippen molar-refractivity contribution in [3.8, 4) is 0 Å². The minimum absolute atomic E-state index is 0.0289. The van der Waals surface area contributed by atoms with Crippen LogP contribution in [0.25, 0.3) is 0 Å². The largest absolute Gasteiger partial charge is 0.461 e. The summed E-state index contributed by atoms with van der Waals surface area (Å²) in [4.78, 5) is 16.4. The first-order chi connectivity index (χ1) is 9.86. The molecule has 2 atom stereocenters. The summed E-state index contributed by atoms with van der Waals surface area (Å²) in [6.07, 6.45) is 2.45. The fraction of sp³-hybridized carbons (Fsp3) is 0.812. The van der Waals surface area contributed by atoms with Gasteiger partial charge in [-0.05, 0) is 30.6 Å². The zero-order valence-corrected chi connectivity index (χ0v) is 13.7. The molecular weight excluding hydrogens is 266 g/mol. The van der Waals surface area contributed by atoms with Gasteiger partial charge in [-0.15, -0.1) is 0 Å². The molecule has 1 aliphatic carbocycles. The number of hydrogen-bond acceptors (Lipinski definition) is 4. The minimum Gasteiger partial charge on any atom is -0.461 e. The van der Waals surface area contributed by atoms with Gasteiger partial charge in [-0.25, -0.2) is 4.98 Å². The molecule has 1 heterocycles. The second-order valence-electron chi connectivity index (χ2n) is 6.96. The van der Waals surface area contributed by atoms with E-state index in [1.54, 1.807) is 0 Å². The molecule has 0 bridgehead atoms. The van der Waals surface area contributed by atoms with Gasteiger partial charge in [-0.1, -0.05) is 34.6 Å². The van der Waals surface area contributed by atoms with Crippen molar-refractivity contribution in [3.05, 3.63) is 11.6 Å². The number of carbonyl (C=O) groups is 1. The van der Waals surface area contributed by atoms with Gasteiger partial charge in [-0.3, -0.25) is 9.89 Å². The molecule has 0 radical (unpaired) electrons. The van der Waals surface area contributed by atoms with Gasteiger partial charge in [0, 0.05) is 5.92 Å². The number of ether oxygens (including phenoxy) is 1. The van der Waals surface area contributed by atoms with Gasteiger partial charge in [0.2, 0.25) is 0 Å². The Morgan fingerprint density at radius 2 is 1.90 bits per heavy atom. The second-order valence-corrected chi connectivity index (χ2v) is 6.96. The first kappa shape index (κ1) is 16.0. The van der Waals surface area contributed by atoms with Crippen molar-refractivity contribution in [2.45, 2.75) is 65.9 Å². The zero-order chi connectivity index (χ0) is 15.6. The molecule has 1 saturated carbocycles. The van der Waals surface area contributed by atoms with E-state index >= 15 is 0 Å². The van der Waals surface area contributed by atoms with Crippen molar-refractivity contribution in [1.82, 2.24) is 15.2 Å². The SMILES string of the molecule is CC1CC(C)C(OC(=O)Cc2nc(C(C)C)n[nH]2)C(C)C1. The molecule has 1 aromatic rings. The number of nitrogens with one attached hydrogen (secondary N) is 1. The van der Waals surface area contributed by atoms with Crippen LogP contribution in [0, 0.1) is 17.8 Å². The maximum atomic E-state index is 12.1. The van der Waals surface area contributed by atoms with Gasteiger partial charge in [-0.2, -0.15) is 5.10 Å². The Balaban J connectivity index is 1.91. The fourth-order valence-electron chi connectivity index (χ4n) is 3.40. The average molecular weight is 293 g/mol. The number of hydrogen-bond donors (Lipinski definition) is 1. The van der Waals surface area contributed by atoms with E-state index in [0.29, 0.717) is 23.6 Å². The lowest BCUT2D eigenvalue weighted by atomic mass is 9.75. The first-order valence-corrected chi connectivity index (χ1v) is 7.97. The van der Waals surface area contributed by atoms with E-state index in [2.05, 4.69) is 36.0 Å². The zero-order valence-electron chi connectivity index (χ0n) is 13.7. The summed E-state index contributed by atoms with van der Waals surface area (Å²) in [7, 11) is 0. The van der Waals surface area contributed by atoms with Gasteiger partial charge >= 0.3 is 5.97 Å². The van der Waals surface area contributed by atoms with Crippen LogP contribution in [0.3, 0.4) is 0 Å². The van der Waals surface area contributed by atoms with Crippen LogP contribution in [-0.2, 0) is 16.0 Å². The van der Waals surface area contributed by atoms with E-state index in [-0.39, 0.29) is 24.4 Å². The number of aromatic amines is 1. The van der Waals surface area contributed by atoms with E-state index in [1.165, 1.54) is 0 Å². The van der Waals surface area contributed by atoms with Crippen LogP contribution in [0.2, 0.25) is 0 Å². The number of esters is 1. The third-order valence-corrected chi connectivity index (χ3v) is 4.31. The van der Waals surface area contributed by atoms with Crippen LogP contribution in [0.15, 0.2) is 0 Å². The summed E-state index contributed by atoms with van der Waals surface area (Å²) in [5.74, 6) is 2.94. The van der Waals surface area contributed by atoms with E-state index in [4.69, 9.17) is 4.74 Å². The quantitative estimate of drug-likeness (QED) is 0.866. The monoisotopic (exact) mass is 293 g/mol. The first-order valence-electron chi connectivity index (χ1n) is 7.97. The Kier molecular flexibility index (Phi) is 5.01. The van der Waals surface area contributed by atoms with Crippen LogP contribution in [0.5, 0.6) is 0 Å². The summed E-state index contributed by atoms with van der Waals surface area (Å²) < 4.78 is 5.71. The Hall–Kier alpha value is -1.39. The highest BCUT2D eigenvalue weighted by Gasteiger charge is 2.34. The molecule has 118 valence electrons. The molecule has 2 unspecified atom stereocenters. The highest BCUT2D eigenvalue weighted by Crippen LogP contribution is 2.35. The molecule has 5 heteroatoms. The Labute approximate surface area is 126 Å². The van der Waals surface area contributed by atoms with Gasteiger partial charge in [0.05, 0.1) is 0 Å². The Morgan fingerprint density at radius 3 is 2.43 bits per heavy atom. The predicted molar refractivity (Wildman–Crippen MR) is 80.8 cm³/mol. The number of rotatable bonds is 4. The fourth-order valence-corrected chi connectivity index (χ4v) is 3.40. The number of aromatic nitrogens is 3. The van der Waals surface area contributed by atoms with Gasteiger partial charge in [0.15, 0.2) is 5.82 Å². The van der Waals surface area contributed by atoms with Crippen molar-refractivity contribution in [2.75, 3.05) is 0 Å². The molecule has 0 spiro atoms. The minimum atomic E-state index is -0.209. The van der Waals surface area contributed by atoms with Crippen molar-refractivity contribution >= 4 is 5.97 Å². The standard InChI is InChI=1S/C16H27N3O2/c1-9(2)16-17-13(18-19-16)8-14(20)21-15-11(4)6-10(3)7-12(15)5/h9-12,15H,6-8H2,1-5H3,(H,17,18,19). The maximum Gasteiger partial charge on any atom is 0.313 e. The van der Waals surface area contributed by atoms with E-state index in [0.717, 1.165) is 18.7 Å². The van der Waals surface area contributed by atoms with Crippen LogP contribution >= 0.6 is 0 Å². The summed E-state index contributed by atoms with van der Waals surface area (Å²) in [6, 6.07) is 0. The molecule has 0 aliphatic heterocycles. The van der Waals surface area contributed by atoms with Crippen molar-refractivity contribution in [2.24, 2.45) is 17.8 Å². The predicted octanol–water partition coefficient (Wildman–Crippen LogP) is 3.08. The number of H-pyrrole nitrogens is 1. The average Bonchev–Trinajstić information content (AvgIpc) is 2.82. The molecule has 1 aromatic heterocycles. The van der Waals surface area contributed by atoms with E-state index in [1.807, 2.05) is 13.8 Å². The highest BCUT2D eigenvalue weighted by molar-refractivity contribution is 5.71. The lowest BCUT2D eigenvalue weighted by Gasteiger charge is -2.37. The number of carbonyl (C=O) groups excluding carboxylic acids is 1. The van der Waals surface area contributed by atoms with Crippen molar-refractivity contribution in [3.63, 3.8) is 0 Å². The second kappa shape index (κ2) is 6.58. The summed E-state index contributed by atoms with van der Waals surface area (Å²) in [5.41, 5.74) is 0. The lowest BCUT2D eigenvalue weighted by Crippen LogP contribution is -2.37. The lowest BCUT2D eigenvalue weighted by molar-refractivity contribution is -0.157. The molecule has 21 heavy (non-hydrogen) atoms. The van der Waals surface area contributed by atoms with Crippen molar-refractivity contribution < 1.29 is 9.53 Å². The highest BCUT2D eigenvalue weighted by atomic mass is 16.5. The Bertz CT molecular complexity index is 472. The van der Waals surface area contributed by atoms with Crippen LogP contribution < -0.4 is 0 Å². The smallest absolute Gasteiger partial charge is 0.313 e. The molecule has 0 amide bonds. The molecule has 0 aromatic carbocycles. The molecular formula is C16H27N3O2. The maximum absolute atomic E-state index is 12.1. The Morgan fingerprint density at radius 1 is 1.29 bits per heavy atom. The summed E-state index contributed by atoms with van der Waals surface area (Å²) in [6.45, 7) is 10.7. The van der Waals surface area contributed by atoms with Crippen molar-refractivity contribution in [1.29, 1.82) is 0 Å². The van der Waals surface area contributed by atoms with Crippen LogP contribution in [0.4, 0.5) is 0 Å². The molecule has 1 fully saturated rings.